The van der Waals surface area contributed by atoms with E-state index >= 15 is 0 Å². The van der Waals surface area contributed by atoms with Gasteiger partial charge in [0.25, 0.3) is 0 Å². The number of rotatable bonds is 1. The number of ether oxygens (including phenoxy) is 2. The Morgan fingerprint density at radius 3 is 3.33 bits per heavy atom. The van der Waals surface area contributed by atoms with Gasteiger partial charge >= 0.3 is 0 Å². The smallest absolute Gasteiger partial charge is 0.0928 e. The Kier molecular flexibility index (Phi) is 2.97. The van der Waals surface area contributed by atoms with Gasteiger partial charge in [-0.1, -0.05) is 0 Å². The number of hydrogen-bond donors (Lipinski definition) is 1. The van der Waals surface area contributed by atoms with Crippen LogP contribution in [0.5, 0.6) is 0 Å². The van der Waals surface area contributed by atoms with E-state index in [4.69, 9.17) is 9.47 Å². The fraction of sp³-hybridized carbons (Fsp3) is 1.00. The molecule has 1 saturated heterocycles. The van der Waals surface area contributed by atoms with Gasteiger partial charge < -0.3 is 14.8 Å². The summed E-state index contributed by atoms with van der Waals surface area (Å²) in [6.07, 6.45) is 0.243. The second-order valence-electron chi connectivity index (χ2n) is 2.14. The summed E-state index contributed by atoms with van der Waals surface area (Å²) in [6, 6.07) is 0. The first-order valence-electron chi connectivity index (χ1n) is 3.24. The van der Waals surface area contributed by atoms with Crippen LogP contribution < -0.4 is 5.32 Å². The van der Waals surface area contributed by atoms with Crippen molar-refractivity contribution in [3.63, 3.8) is 0 Å². The molecule has 1 aliphatic rings. The van der Waals surface area contributed by atoms with E-state index in [-0.39, 0.29) is 6.10 Å². The third kappa shape index (κ3) is 2.30. The van der Waals surface area contributed by atoms with E-state index in [0.717, 1.165) is 26.3 Å². The summed E-state index contributed by atoms with van der Waals surface area (Å²) in [4.78, 5) is 0. The first kappa shape index (κ1) is 6.99. The Morgan fingerprint density at radius 1 is 1.67 bits per heavy atom. The van der Waals surface area contributed by atoms with Gasteiger partial charge in [-0.3, -0.25) is 0 Å². The monoisotopic (exact) mass is 131 g/mol. The van der Waals surface area contributed by atoms with E-state index in [1.165, 1.54) is 0 Å². The van der Waals surface area contributed by atoms with Crippen molar-refractivity contribution in [1.29, 1.82) is 0 Å². The summed E-state index contributed by atoms with van der Waals surface area (Å²) in [7, 11) is 1.71. The maximum Gasteiger partial charge on any atom is 0.0928 e. The number of hydrogen-bond acceptors (Lipinski definition) is 3. The summed E-state index contributed by atoms with van der Waals surface area (Å²) in [6.45, 7) is 3.39. The Hall–Kier alpha value is -0.120. The van der Waals surface area contributed by atoms with Gasteiger partial charge in [0.2, 0.25) is 0 Å². The molecule has 9 heavy (non-hydrogen) atoms. The topological polar surface area (TPSA) is 30.5 Å². The van der Waals surface area contributed by atoms with Crippen LogP contribution in [0.2, 0.25) is 0 Å². The third-order valence-electron chi connectivity index (χ3n) is 1.43. The van der Waals surface area contributed by atoms with Gasteiger partial charge in [0, 0.05) is 20.2 Å². The molecule has 3 heteroatoms. The molecule has 1 rings (SSSR count). The second kappa shape index (κ2) is 3.82. The van der Waals surface area contributed by atoms with E-state index in [1.54, 1.807) is 7.11 Å². The molecule has 0 aliphatic carbocycles. The quantitative estimate of drug-likeness (QED) is 0.526. The fourth-order valence-electron chi connectivity index (χ4n) is 0.832. The molecule has 0 unspecified atom stereocenters. The van der Waals surface area contributed by atoms with Crippen LogP contribution in [0.1, 0.15) is 0 Å². The van der Waals surface area contributed by atoms with Crippen LogP contribution in [0.4, 0.5) is 0 Å². The van der Waals surface area contributed by atoms with E-state index in [1.807, 2.05) is 0 Å². The van der Waals surface area contributed by atoms with Crippen molar-refractivity contribution in [2.45, 2.75) is 6.10 Å². The van der Waals surface area contributed by atoms with E-state index in [2.05, 4.69) is 5.32 Å². The molecule has 0 aromatic rings. The fourth-order valence-corrected chi connectivity index (χ4v) is 0.832. The minimum Gasteiger partial charge on any atom is -0.378 e. The zero-order valence-electron chi connectivity index (χ0n) is 5.72. The summed E-state index contributed by atoms with van der Waals surface area (Å²) in [5, 5.41) is 3.20. The molecule has 0 aromatic heterocycles. The third-order valence-corrected chi connectivity index (χ3v) is 1.43. The van der Waals surface area contributed by atoms with E-state index < -0.39 is 0 Å². The van der Waals surface area contributed by atoms with Gasteiger partial charge in [-0.05, 0) is 0 Å². The summed E-state index contributed by atoms with van der Waals surface area (Å²) >= 11 is 0. The normalized spacial score (nSPS) is 29.7. The highest BCUT2D eigenvalue weighted by molar-refractivity contribution is 4.63. The highest BCUT2D eigenvalue weighted by atomic mass is 16.5. The molecule has 3 nitrogen and oxygen atoms in total. The lowest BCUT2D eigenvalue weighted by Crippen LogP contribution is -2.28. The molecular formula is C6H13NO2. The van der Waals surface area contributed by atoms with E-state index in [9.17, 15) is 0 Å². The van der Waals surface area contributed by atoms with E-state index in [0.29, 0.717) is 0 Å². The van der Waals surface area contributed by atoms with Gasteiger partial charge in [0.15, 0.2) is 0 Å². The van der Waals surface area contributed by atoms with Crippen molar-refractivity contribution in [2.75, 3.05) is 33.4 Å². The van der Waals surface area contributed by atoms with Crippen molar-refractivity contribution in [2.24, 2.45) is 0 Å². The van der Waals surface area contributed by atoms with Crippen LogP contribution in [-0.2, 0) is 9.47 Å². The lowest BCUT2D eigenvalue weighted by molar-refractivity contribution is 0.0279. The van der Waals surface area contributed by atoms with Crippen LogP contribution in [0.3, 0.4) is 0 Å². The molecule has 1 N–H and O–H groups in total. The highest BCUT2D eigenvalue weighted by Crippen LogP contribution is 1.92. The highest BCUT2D eigenvalue weighted by Gasteiger charge is 2.09. The van der Waals surface area contributed by atoms with Crippen molar-refractivity contribution in [1.82, 2.24) is 5.32 Å². The number of methoxy groups -OCH3 is 1. The van der Waals surface area contributed by atoms with Gasteiger partial charge in [-0.25, -0.2) is 0 Å². The maximum atomic E-state index is 5.21. The Labute approximate surface area is 55.3 Å². The average molecular weight is 131 g/mol. The Bertz CT molecular complexity index is 69.5. The molecule has 0 aromatic carbocycles. The lowest BCUT2D eigenvalue weighted by Gasteiger charge is -2.09. The average Bonchev–Trinajstić information content (AvgIpc) is 2.13. The first-order valence-corrected chi connectivity index (χ1v) is 3.24. The number of nitrogens with one attached hydrogen (secondary N) is 1. The van der Waals surface area contributed by atoms with Crippen molar-refractivity contribution >= 4 is 0 Å². The van der Waals surface area contributed by atoms with Gasteiger partial charge in [0.05, 0.1) is 19.3 Å². The SMILES string of the molecule is CO[C@@H]1CNCCOC1. The first-order chi connectivity index (χ1) is 4.43. The van der Waals surface area contributed by atoms with Gasteiger partial charge in [-0.15, -0.1) is 0 Å². The summed E-state index contributed by atoms with van der Waals surface area (Å²) in [5.74, 6) is 0. The molecule has 0 radical (unpaired) electrons. The minimum atomic E-state index is 0.243. The molecular weight excluding hydrogens is 118 g/mol. The van der Waals surface area contributed by atoms with Crippen LogP contribution >= 0.6 is 0 Å². The van der Waals surface area contributed by atoms with Crippen LogP contribution in [-0.4, -0.2) is 39.5 Å². The second-order valence-corrected chi connectivity index (χ2v) is 2.14. The van der Waals surface area contributed by atoms with Gasteiger partial charge in [0.1, 0.15) is 0 Å². The molecule has 0 bridgehead atoms. The molecule has 1 fully saturated rings. The minimum absolute atomic E-state index is 0.243. The summed E-state index contributed by atoms with van der Waals surface area (Å²) in [5.41, 5.74) is 0. The standard InChI is InChI=1S/C6H13NO2/c1-8-6-4-7-2-3-9-5-6/h6-7H,2-5H2,1H3/t6-/m1/s1. The predicted octanol–water partition coefficient (Wildman–Crippen LogP) is -0.379. The molecule has 1 atom stereocenters. The van der Waals surface area contributed by atoms with Crippen molar-refractivity contribution < 1.29 is 9.47 Å². The maximum absolute atomic E-state index is 5.21. The predicted molar refractivity (Wildman–Crippen MR) is 34.5 cm³/mol. The molecule has 54 valence electrons. The molecule has 1 heterocycles. The van der Waals surface area contributed by atoms with Crippen LogP contribution in [0.15, 0.2) is 0 Å². The Morgan fingerprint density at radius 2 is 2.56 bits per heavy atom. The zero-order chi connectivity index (χ0) is 6.53. The van der Waals surface area contributed by atoms with Gasteiger partial charge in [-0.2, -0.15) is 0 Å². The van der Waals surface area contributed by atoms with Crippen LogP contribution in [0.25, 0.3) is 0 Å². The summed E-state index contributed by atoms with van der Waals surface area (Å²) < 4.78 is 10.3. The largest absolute Gasteiger partial charge is 0.378 e. The zero-order valence-corrected chi connectivity index (χ0v) is 5.72. The van der Waals surface area contributed by atoms with Crippen LogP contribution in [0, 0.1) is 0 Å². The Balaban J connectivity index is 2.18. The lowest BCUT2D eigenvalue weighted by atomic mass is 10.4. The molecule has 0 amide bonds. The molecule has 0 spiro atoms. The van der Waals surface area contributed by atoms with Crippen molar-refractivity contribution in [3.05, 3.63) is 0 Å². The van der Waals surface area contributed by atoms with Crippen molar-refractivity contribution in [3.8, 4) is 0 Å². The molecule has 1 aliphatic heterocycles. The molecule has 0 saturated carbocycles.